The maximum absolute atomic E-state index is 12.4. The number of esters is 1. The second-order valence-electron chi connectivity index (χ2n) is 6.31. The topological polar surface area (TPSA) is 48.3 Å². The van der Waals surface area contributed by atoms with Crippen molar-refractivity contribution in [1.29, 1.82) is 0 Å². The van der Waals surface area contributed by atoms with Gasteiger partial charge in [-0.3, -0.25) is 4.79 Å². The van der Waals surface area contributed by atoms with Gasteiger partial charge in [0.15, 0.2) is 6.61 Å². The molecule has 1 aromatic heterocycles. The van der Waals surface area contributed by atoms with Crippen molar-refractivity contribution in [3.05, 3.63) is 63.9 Å². The molecule has 1 aliphatic rings. The second-order valence-corrected chi connectivity index (χ2v) is 6.74. The Morgan fingerprint density at radius 3 is 2.72 bits per heavy atom. The number of aromatic nitrogens is 1. The Bertz CT molecular complexity index is 847. The molecule has 5 heteroatoms. The lowest BCUT2D eigenvalue weighted by atomic mass is 10.1. The summed E-state index contributed by atoms with van der Waals surface area (Å²) in [4.78, 5) is 24.2. The van der Waals surface area contributed by atoms with Crippen LogP contribution in [0.2, 0.25) is 5.02 Å². The number of Topliss-reactive ketones (excluding diaryl/α,β-unsaturated/α-hetero) is 1. The normalized spacial score (nSPS) is 14.0. The maximum Gasteiger partial charge on any atom is 0.331 e. The van der Waals surface area contributed by atoms with E-state index in [2.05, 4.69) is 4.57 Å². The Labute approximate surface area is 152 Å². The fourth-order valence-corrected chi connectivity index (χ4v) is 3.19. The minimum absolute atomic E-state index is 0.176. The van der Waals surface area contributed by atoms with Crippen molar-refractivity contribution < 1.29 is 14.3 Å². The first kappa shape index (κ1) is 17.5. The van der Waals surface area contributed by atoms with Crippen molar-refractivity contribution in [2.75, 3.05) is 6.61 Å². The third-order valence-corrected chi connectivity index (χ3v) is 4.54. The number of ketones is 1. The van der Waals surface area contributed by atoms with Gasteiger partial charge in [0.05, 0.1) is 0 Å². The first-order valence-corrected chi connectivity index (χ1v) is 8.65. The summed E-state index contributed by atoms with van der Waals surface area (Å²) in [6.07, 6.45) is 5.23. The highest BCUT2D eigenvalue weighted by Crippen LogP contribution is 2.38. The molecule has 0 N–H and O–H groups in total. The fraction of sp³-hybridized carbons (Fsp3) is 0.300. The fourth-order valence-electron chi connectivity index (χ4n) is 2.99. The number of hydrogen-bond acceptors (Lipinski definition) is 3. The van der Waals surface area contributed by atoms with E-state index in [1.807, 2.05) is 26.0 Å². The molecule has 0 bridgehead atoms. The first-order valence-electron chi connectivity index (χ1n) is 8.27. The van der Waals surface area contributed by atoms with Crippen LogP contribution in [0.3, 0.4) is 0 Å². The summed E-state index contributed by atoms with van der Waals surface area (Å²) in [5.74, 6) is -0.728. The number of carbonyl (C=O) groups is 2. The molecule has 0 saturated heterocycles. The molecule has 0 aliphatic heterocycles. The van der Waals surface area contributed by atoms with Crippen LogP contribution in [0, 0.1) is 13.8 Å². The molecule has 0 radical (unpaired) electrons. The molecule has 2 aromatic rings. The van der Waals surface area contributed by atoms with Gasteiger partial charge in [-0.2, -0.15) is 0 Å². The molecule has 3 rings (SSSR count). The molecule has 0 unspecified atom stereocenters. The van der Waals surface area contributed by atoms with E-state index in [0.29, 0.717) is 16.6 Å². The van der Waals surface area contributed by atoms with Crippen LogP contribution in [0.25, 0.3) is 6.08 Å². The summed E-state index contributed by atoms with van der Waals surface area (Å²) >= 11 is 5.89. The summed E-state index contributed by atoms with van der Waals surface area (Å²) in [7, 11) is 0. The summed E-state index contributed by atoms with van der Waals surface area (Å²) in [5.41, 5.74) is 3.46. The van der Waals surface area contributed by atoms with Gasteiger partial charge in [0, 0.05) is 34.1 Å². The van der Waals surface area contributed by atoms with Gasteiger partial charge < -0.3 is 9.30 Å². The van der Waals surface area contributed by atoms with Gasteiger partial charge in [0.25, 0.3) is 0 Å². The predicted molar refractivity (Wildman–Crippen MR) is 98.0 cm³/mol. The Morgan fingerprint density at radius 1 is 1.28 bits per heavy atom. The molecular weight excluding hydrogens is 338 g/mol. The zero-order valence-corrected chi connectivity index (χ0v) is 15.0. The van der Waals surface area contributed by atoms with Gasteiger partial charge in [-0.25, -0.2) is 4.79 Å². The van der Waals surface area contributed by atoms with Crippen LogP contribution in [-0.2, 0) is 9.53 Å². The van der Waals surface area contributed by atoms with Gasteiger partial charge in [-0.15, -0.1) is 0 Å². The van der Waals surface area contributed by atoms with Crippen molar-refractivity contribution in [2.45, 2.75) is 32.7 Å². The SMILES string of the molecule is Cc1cc(C(=O)COC(=O)/C=C/c2cccc(Cl)c2)c(C)n1C1CC1. The van der Waals surface area contributed by atoms with Gasteiger partial charge in [0.1, 0.15) is 0 Å². The lowest BCUT2D eigenvalue weighted by Crippen LogP contribution is -2.13. The Kier molecular flexibility index (Phi) is 5.09. The van der Waals surface area contributed by atoms with Crippen LogP contribution >= 0.6 is 11.6 Å². The second kappa shape index (κ2) is 7.28. The largest absolute Gasteiger partial charge is 0.454 e. The molecule has 0 amide bonds. The van der Waals surface area contributed by atoms with Gasteiger partial charge in [-0.1, -0.05) is 23.7 Å². The maximum atomic E-state index is 12.4. The van der Waals surface area contributed by atoms with Crippen LogP contribution in [-0.4, -0.2) is 22.9 Å². The van der Waals surface area contributed by atoms with Crippen molar-refractivity contribution in [3.8, 4) is 0 Å². The molecule has 1 saturated carbocycles. The number of benzene rings is 1. The van der Waals surface area contributed by atoms with E-state index in [1.165, 1.54) is 6.08 Å². The van der Waals surface area contributed by atoms with Crippen molar-refractivity contribution in [1.82, 2.24) is 4.57 Å². The Morgan fingerprint density at radius 2 is 2.04 bits per heavy atom. The van der Waals surface area contributed by atoms with Crippen LogP contribution in [0.5, 0.6) is 0 Å². The van der Waals surface area contributed by atoms with E-state index >= 15 is 0 Å². The average Bonchev–Trinajstić information content (AvgIpc) is 3.36. The van der Waals surface area contributed by atoms with Gasteiger partial charge in [-0.05, 0) is 56.5 Å². The zero-order chi connectivity index (χ0) is 18.0. The van der Waals surface area contributed by atoms with Crippen molar-refractivity contribution in [3.63, 3.8) is 0 Å². The number of rotatable bonds is 6. The third-order valence-electron chi connectivity index (χ3n) is 4.30. The van der Waals surface area contributed by atoms with Crippen LogP contribution < -0.4 is 0 Å². The smallest absolute Gasteiger partial charge is 0.331 e. The quantitative estimate of drug-likeness (QED) is 0.433. The molecule has 0 spiro atoms. The number of hydrogen-bond donors (Lipinski definition) is 0. The van der Waals surface area contributed by atoms with E-state index in [4.69, 9.17) is 16.3 Å². The molecule has 4 nitrogen and oxygen atoms in total. The monoisotopic (exact) mass is 357 g/mol. The number of ether oxygens (including phenoxy) is 1. The molecule has 25 heavy (non-hydrogen) atoms. The zero-order valence-electron chi connectivity index (χ0n) is 14.3. The van der Waals surface area contributed by atoms with Gasteiger partial charge in [0.2, 0.25) is 5.78 Å². The van der Waals surface area contributed by atoms with E-state index in [9.17, 15) is 9.59 Å². The van der Waals surface area contributed by atoms with Crippen LogP contribution in [0.15, 0.2) is 36.4 Å². The van der Waals surface area contributed by atoms with Crippen molar-refractivity contribution in [2.24, 2.45) is 0 Å². The van der Waals surface area contributed by atoms with E-state index < -0.39 is 5.97 Å². The van der Waals surface area contributed by atoms with Crippen molar-refractivity contribution >= 4 is 29.4 Å². The summed E-state index contributed by atoms with van der Waals surface area (Å²) < 4.78 is 7.28. The molecule has 1 fully saturated rings. The third kappa shape index (κ3) is 4.20. The molecule has 1 heterocycles. The average molecular weight is 358 g/mol. The number of carbonyl (C=O) groups excluding carboxylic acids is 2. The van der Waals surface area contributed by atoms with E-state index in [-0.39, 0.29) is 12.4 Å². The molecule has 1 aliphatic carbocycles. The molecule has 0 atom stereocenters. The number of halogens is 1. The standard InChI is InChI=1S/C20H20ClNO3/c1-13-10-18(14(2)22(13)17-7-8-17)19(23)12-25-20(24)9-6-15-4-3-5-16(21)11-15/h3-6,9-11,17H,7-8,12H2,1-2H3/b9-6+. The highest BCUT2D eigenvalue weighted by Gasteiger charge is 2.28. The molecule has 130 valence electrons. The Balaban J connectivity index is 1.59. The number of aryl methyl sites for hydroxylation is 1. The Hall–Kier alpha value is -2.33. The molecule has 1 aromatic carbocycles. The van der Waals surface area contributed by atoms with Gasteiger partial charge >= 0.3 is 5.97 Å². The van der Waals surface area contributed by atoms with Crippen LogP contribution in [0.4, 0.5) is 0 Å². The van der Waals surface area contributed by atoms with E-state index in [1.54, 1.807) is 24.3 Å². The van der Waals surface area contributed by atoms with Crippen LogP contribution in [0.1, 0.15) is 46.2 Å². The lowest BCUT2D eigenvalue weighted by molar-refractivity contribution is -0.136. The predicted octanol–water partition coefficient (Wildman–Crippen LogP) is 4.53. The first-order chi connectivity index (χ1) is 12.0. The van der Waals surface area contributed by atoms with E-state index in [0.717, 1.165) is 29.8 Å². The highest BCUT2D eigenvalue weighted by molar-refractivity contribution is 6.30. The minimum Gasteiger partial charge on any atom is -0.454 e. The summed E-state index contributed by atoms with van der Waals surface area (Å²) in [6.45, 7) is 3.69. The summed E-state index contributed by atoms with van der Waals surface area (Å²) in [6, 6.07) is 9.52. The lowest BCUT2D eigenvalue weighted by Gasteiger charge is -2.07. The highest BCUT2D eigenvalue weighted by atomic mass is 35.5. The number of nitrogens with zero attached hydrogens (tertiary/aromatic N) is 1. The summed E-state index contributed by atoms with van der Waals surface area (Å²) in [5, 5.41) is 0.594. The minimum atomic E-state index is -0.552. The molecular formula is C20H20ClNO3.